The number of hydrogen-bond donors (Lipinski definition) is 0. The normalized spacial score (nSPS) is 9.90. The van der Waals surface area contributed by atoms with Gasteiger partial charge in [-0.15, -0.1) is 0 Å². The maximum atomic E-state index is 3.45. The molecule has 0 aromatic heterocycles. The zero-order valence-corrected chi connectivity index (χ0v) is 11.3. The standard InChI is InChI=1S/C8H8Br.Pb/c1-2-7-4-3-5-8(9)6-7;/h3,5-6H,2H2,1H3;. The number of aryl methyl sites for hydroxylation is 1. The van der Waals surface area contributed by atoms with Crippen molar-refractivity contribution in [3.63, 3.8) is 0 Å². The fraction of sp³-hybridized carbons (Fsp3) is 0.250. The molecule has 2 heteroatoms. The summed E-state index contributed by atoms with van der Waals surface area (Å²) in [5, 5.41) is 0. The molecule has 0 aliphatic carbocycles. The van der Waals surface area contributed by atoms with E-state index in [-0.39, 0.29) is 0 Å². The van der Waals surface area contributed by atoms with Crippen molar-refractivity contribution in [1.29, 1.82) is 0 Å². The molecule has 0 atom stereocenters. The SMILES string of the molecule is CCc1cc(Br)cc[c]1[Pb]. The molecule has 0 saturated heterocycles. The first-order chi connectivity index (χ1) is 4.74. The van der Waals surface area contributed by atoms with Crippen LogP contribution in [0.15, 0.2) is 22.7 Å². The van der Waals surface area contributed by atoms with Crippen LogP contribution in [0.2, 0.25) is 0 Å². The molecule has 1 rings (SSSR count). The van der Waals surface area contributed by atoms with Gasteiger partial charge >= 0.3 is 86.4 Å². The first-order valence-electron chi connectivity index (χ1n) is 3.24. The van der Waals surface area contributed by atoms with Gasteiger partial charge in [-0.05, 0) is 0 Å². The number of halogens is 1. The number of rotatable bonds is 1. The quantitative estimate of drug-likeness (QED) is 0.641. The second-order valence-electron chi connectivity index (χ2n) is 2.16. The predicted molar refractivity (Wildman–Crippen MR) is 48.9 cm³/mol. The van der Waals surface area contributed by atoms with Crippen LogP contribution in [0, 0.1) is 0 Å². The molecule has 1 aromatic carbocycles. The van der Waals surface area contributed by atoms with Crippen molar-refractivity contribution in [2.75, 3.05) is 0 Å². The van der Waals surface area contributed by atoms with E-state index in [0.717, 1.165) is 32.2 Å². The maximum absolute atomic E-state index is 3.45. The molecule has 0 bridgehead atoms. The van der Waals surface area contributed by atoms with Crippen LogP contribution in [0.5, 0.6) is 0 Å². The molecule has 1 aromatic rings. The zero-order chi connectivity index (χ0) is 7.56. The zero-order valence-electron chi connectivity index (χ0n) is 5.82. The van der Waals surface area contributed by atoms with Crippen LogP contribution in [0.4, 0.5) is 0 Å². The molecule has 0 spiro atoms. The Balaban J connectivity index is 3.09. The van der Waals surface area contributed by atoms with Crippen LogP contribution in [0.25, 0.3) is 0 Å². The van der Waals surface area contributed by atoms with Gasteiger partial charge in [0.2, 0.25) is 0 Å². The molecule has 10 heavy (non-hydrogen) atoms. The summed E-state index contributed by atoms with van der Waals surface area (Å²) in [5.74, 6) is 0. The van der Waals surface area contributed by atoms with E-state index in [1.165, 1.54) is 13.2 Å². The van der Waals surface area contributed by atoms with Crippen molar-refractivity contribution in [2.45, 2.75) is 13.3 Å². The molecule has 0 aliphatic rings. The van der Waals surface area contributed by atoms with Gasteiger partial charge in [0, 0.05) is 0 Å². The van der Waals surface area contributed by atoms with E-state index in [2.05, 4.69) is 41.1 Å². The van der Waals surface area contributed by atoms with Crippen molar-refractivity contribution in [3.05, 3.63) is 28.2 Å². The Morgan fingerprint density at radius 1 is 1.50 bits per heavy atom. The van der Waals surface area contributed by atoms with Gasteiger partial charge in [0.25, 0.3) is 0 Å². The Bertz CT molecular complexity index is 233. The average molecular weight is 391 g/mol. The van der Waals surface area contributed by atoms with E-state index in [4.69, 9.17) is 0 Å². The van der Waals surface area contributed by atoms with Crippen molar-refractivity contribution in [2.24, 2.45) is 0 Å². The van der Waals surface area contributed by atoms with Crippen molar-refractivity contribution >= 4 is 44.8 Å². The van der Waals surface area contributed by atoms with Gasteiger partial charge in [0.15, 0.2) is 0 Å². The Hall–Kier alpha value is 0.622. The minimum absolute atomic E-state index is 1.15. The molecule has 0 nitrogen and oxygen atoms in total. The van der Waals surface area contributed by atoms with Gasteiger partial charge in [0.05, 0.1) is 0 Å². The molecular formula is C8H8BrPb. The molecule has 51 valence electrons. The van der Waals surface area contributed by atoms with Gasteiger partial charge in [-0.2, -0.15) is 0 Å². The third-order valence-corrected chi connectivity index (χ3v) is 3.84. The van der Waals surface area contributed by atoms with Crippen LogP contribution in [-0.4, -0.2) is 25.8 Å². The van der Waals surface area contributed by atoms with Crippen LogP contribution in [0.1, 0.15) is 12.5 Å². The van der Waals surface area contributed by atoms with Gasteiger partial charge in [-0.1, -0.05) is 0 Å². The predicted octanol–water partition coefficient (Wildman–Crippen LogP) is 1.81. The summed E-state index contributed by atoms with van der Waals surface area (Å²) >= 11 is 4.61. The van der Waals surface area contributed by atoms with E-state index >= 15 is 0 Å². The Labute approximate surface area is 85.8 Å². The summed E-state index contributed by atoms with van der Waals surface area (Å²) in [4.78, 5) is 0. The van der Waals surface area contributed by atoms with E-state index in [1.54, 1.807) is 0 Å². The monoisotopic (exact) mass is 391 g/mol. The van der Waals surface area contributed by atoms with Gasteiger partial charge in [0.1, 0.15) is 0 Å². The fourth-order valence-corrected chi connectivity index (χ4v) is 2.56. The second-order valence-corrected chi connectivity index (χ2v) is 5.16. The minimum atomic E-state index is 1.15. The van der Waals surface area contributed by atoms with E-state index in [9.17, 15) is 0 Å². The Kier molecular flexibility index (Phi) is 3.36. The molecule has 0 fully saturated rings. The van der Waals surface area contributed by atoms with Crippen molar-refractivity contribution < 1.29 is 0 Å². The summed E-state index contributed by atoms with van der Waals surface area (Å²) in [6.45, 7) is 2.20. The van der Waals surface area contributed by atoms with Gasteiger partial charge < -0.3 is 0 Å². The average Bonchev–Trinajstić information content (AvgIpc) is 1.94. The summed E-state index contributed by atoms with van der Waals surface area (Å²) in [6, 6.07) is 6.53. The summed E-state index contributed by atoms with van der Waals surface area (Å²) < 4.78 is 2.72. The van der Waals surface area contributed by atoms with Crippen LogP contribution in [-0.2, 0) is 6.42 Å². The first kappa shape index (κ1) is 8.72. The van der Waals surface area contributed by atoms with Crippen LogP contribution >= 0.6 is 15.9 Å². The van der Waals surface area contributed by atoms with Gasteiger partial charge in [-0.25, -0.2) is 0 Å². The Morgan fingerprint density at radius 3 is 2.70 bits per heavy atom. The third kappa shape index (κ3) is 2.05. The third-order valence-electron chi connectivity index (χ3n) is 1.45. The topological polar surface area (TPSA) is 0 Å². The molecule has 0 N–H and O–H groups in total. The number of benzene rings is 1. The molecule has 3 radical (unpaired) electrons. The number of hydrogen-bond acceptors (Lipinski definition) is 0. The van der Waals surface area contributed by atoms with Crippen molar-refractivity contribution in [1.82, 2.24) is 0 Å². The van der Waals surface area contributed by atoms with Gasteiger partial charge in [-0.3, -0.25) is 0 Å². The fourth-order valence-electron chi connectivity index (χ4n) is 0.855. The molecule has 0 amide bonds. The van der Waals surface area contributed by atoms with E-state index < -0.39 is 0 Å². The summed E-state index contributed by atoms with van der Waals surface area (Å²) in [7, 11) is 0. The Morgan fingerprint density at radius 2 is 2.20 bits per heavy atom. The first-order valence-corrected chi connectivity index (χ1v) is 5.97. The van der Waals surface area contributed by atoms with Crippen LogP contribution in [0.3, 0.4) is 0 Å². The molecule has 0 heterocycles. The van der Waals surface area contributed by atoms with Crippen LogP contribution < -0.4 is 3.12 Å². The second kappa shape index (κ2) is 3.85. The van der Waals surface area contributed by atoms with E-state index in [1.807, 2.05) is 0 Å². The molecular weight excluding hydrogens is 383 g/mol. The molecule has 0 aliphatic heterocycles. The van der Waals surface area contributed by atoms with Crippen molar-refractivity contribution in [3.8, 4) is 0 Å². The summed E-state index contributed by atoms with van der Waals surface area (Å²) in [5.41, 5.74) is 1.49. The molecule has 0 unspecified atom stereocenters. The summed E-state index contributed by atoms with van der Waals surface area (Å²) in [6.07, 6.45) is 1.15. The molecule has 0 saturated carbocycles. The van der Waals surface area contributed by atoms with E-state index in [0.29, 0.717) is 0 Å².